The lowest BCUT2D eigenvalue weighted by molar-refractivity contribution is -0.140. The van der Waals surface area contributed by atoms with Gasteiger partial charge in [-0.15, -0.1) is 6.58 Å². The summed E-state index contributed by atoms with van der Waals surface area (Å²) in [6.45, 7) is 6.12. The van der Waals surface area contributed by atoms with Gasteiger partial charge in [0.25, 0.3) is 11.8 Å². The maximum atomic E-state index is 14.1. The van der Waals surface area contributed by atoms with Gasteiger partial charge in [-0.1, -0.05) is 36.4 Å². The smallest absolute Gasteiger partial charge is 0.254 e. The lowest BCUT2D eigenvalue weighted by Gasteiger charge is -2.17. The fraction of sp³-hybridized carbons (Fsp3) is 0.321. The first-order valence-electron chi connectivity index (χ1n) is 11.9. The Kier molecular flexibility index (Phi) is 6.24. The number of nitrogens with zero attached hydrogens (tertiary/aromatic N) is 2. The minimum absolute atomic E-state index is 0.0419. The van der Waals surface area contributed by atoms with Crippen molar-refractivity contribution in [3.63, 3.8) is 0 Å². The number of hydrazone groups is 1. The highest BCUT2D eigenvalue weighted by atomic mass is 19.1. The van der Waals surface area contributed by atoms with Crippen molar-refractivity contribution in [2.75, 3.05) is 6.61 Å². The van der Waals surface area contributed by atoms with Crippen LogP contribution in [0.1, 0.15) is 30.0 Å². The summed E-state index contributed by atoms with van der Waals surface area (Å²) >= 11 is 0. The predicted molar refractivity (Wildman–Crippen MR) is 129 cm³/mol. The van der Waals surface area contributed by atoms with Crippen molar-refractivity contribution in [2.24, 2.45) is 28.8 Å². The molecule has 4 atom stereocenters. The van der Waals surface area contributed by atoms with E-state index in [0.717, 1.165) is 17.0 Å². The molecule has 0 radical (unpaired) electrons. The Balaban J connectivity index is 1.41. The van der Waals surface area contributed by atoms with E-state index in [9.17, 15) is 14.0 Å². The molecule has 1 heterocycles. The van der Waals surface area contributed by atoms with Crippen molar-refractivity contribution in [3.8, 4) is 11.5 Å². The van der Waals surface area contributed by atoms with Crippen LogP contribution in [0.2, 0.25) is 0 Å². The number of carbonyl (C=O) groups is 2. The third-order valence-electron chi connectivity index (χ3n) is 6.92. The number of hydrogen-bond donors (Lipinski definition) is 0. The Labute approximate surface area is 203 Å². The summed E-state index contributed by atoms with van der Waals surface area (Å²) in [4.78, 5) is 25.8. The first-order chi connectivity index (χ1) is 17.0. The van der Waals surface area contributed by atoms with E-state index in [2.05, 4.69) is 23.8 Å². The largest absolute Gasteiger partial charge is 0.490 e. The SMILES string of the molecule is C=CCc1cc(C=NN2C(=O)C3C4C=CC(C4)C3C2=O)cc(OCC)c1OCc1ccccc1F. The Hall–Kier alpha value is -3.74. The van der Waals surface area contributed by atoms with Crippen LogP contribution in [0, 0.1) is 29.5 Å². The van der Waals surface area contributed by atoms with E-state index >= 15 is 0 Å². The fourth-order valence-corrected chi connectivity index (χ4v) is 5.38. The van der Waals surface area contributed by atoms with Gasteiger partial charge in [-0.3, -0.25) is 9.59 Å². The van der Waals surface area contributed by atoms with Crippen LogP contribution in [0.3, 0.4) is 0 Å². The number of rotatable bonds is 9. The summed E-state index contributed by atoms with van der Waals surface area (Å²) in [5, 5.41) is 5.31. The van der Waals surface area contributed by atoms with Crippen molar-refractivity contribution in [2.45, 2.75) is 26.4 Å². The van der Waals surface area contributed by atoms with Gasteiger partial charge in [0, 0.05) is 11.1 Å². The zero-order valence-corrected chi connectivity index (χ0v) is 19.5. The monoisotopic (exact) mass is 474 g/mol. The quantitative estimate of drug-likeness (QED) is 0.301. The van der Waals surface area contributed by atoms with Crippen molar-refractivity contribution >= 4 is 18.0 Å². The summed E-state index contributed by atoms with van der Waals surface area (Å²) in [6, 6.07) is 10.0. The van der Waals surface area contributed by atoms with E-state index < -0.39 is 0 Å². The topological polar surface area (TPSA) is 68.2 Å². The molecular weight excluding hydrogens is 447 g/mol. The number of halogens is 1. The highest BCUT2D eigenvalue weighted by Crippen LogP contribution is 2.52. The molecule has 1 saturated heterocycles. The summed E-state index contributed by atoms with van der Waals surface area (Å²) in [5.74, 6) is -0.136. The van der Waals surface area contributed by atoms with Crippen molar-refractivity contribution in [1.82, 2.24) is 5.01 Å². The maximum absolute atomic E-state index is 14.1. The van der Waals surface area contributed by atoms with Gasteiger partial charge in [0.15, 0.2) is 11.5 Å². The number of benzene rings is 2. The normalized spacial score (nSPS) is 24.5. The molecule has 1 aliphatic heterocycles. The number of allylic oxidation sites excluding steroid dienone is 3. The van der Waals surface area contributed by atoms with Gasteiger partial charge in [0.05, 0.1) is 24.7 Å². The van der Waals surface area contributed by atoms with Crippen molar-refractivity contribution in [3.05, 3.63) is 83.7 Å². The molecule has 4 unspecified atom stereocenters. The molecule has 0 N–H and O–H groups in total. The molecule has 180 valence electrons. The Morgan fingerprint density at radius 1 is 1.09 bits per heavy atom. The molecular formula is C28H27FN2O4. The van der Waals surface area contributed by atoms with E-state index in [1.165, 1.54) is 12.3 Å². The number of imide groups is 1. The third kappa shape index (κ3) is 4.16. The van der Waals surface area contributed by atoms with Crippen LogP contribution >= 0.6 is 0 Å². The molecule has 5 rings (SSSR count). The minimum Gasteiger partial charge on any atom is -0.490 e. The average molecular weight is 475 g/mol. The molecule has 2 bridgehead atoms. The first kappa shape index (κ1) is 23.0. The van der Waals surface area contributed by atoms with Crippen LogP contribution in [0.5, 0.6) is 11.5 Å². The lowest BCUT2D eigenvalue weighted by atomic mass is 9.85. The van der Waals surface area contributed by atoms with Gasteiger partial charge in [0.1, 0.15) is 12.4 Å². The van der Waals surface area contributed by atoms with Crippen LogP contribution in [-0.4, -0.2) is 29.6 Å². The standard InChI is InChI=1S/C28H27FN2O4/c1-3-7-20-12-17(13-23(34-4-2)26(20)35-16-21-8-5-6-9-22(21)29)15-30-31-27(32)24-18-10-11-19(14-18)25(24)28(31)33/h3,5-6,8-13,15,18-19,24-25H,1,4,7,14,16H2,2H3. The highest BCUT2D eigenvalue weighted by molar-refractivity contribution is 6.06. The molecule has 2 amide bonds. The van der Waals surface area contributed by atoms with E-state index in [-0.39, 0.29) is 47.9 Å². The number of carbonyl (C=O) groups excluding carboxylic acids is 2. The van der Waals surface area contributed by atoms with Crippen LogP contribution in [0.4, 0.5) is 4.39 Å². The molecule has 35 heavy (non-hydrogen) atoms. The molecule has 2 aromatic carbocycles. The van der Waals surface area contributed by atoms with E-state index in [4.69, 9.17) is 9.47 Å². The Bertz CT molecular complexity index is 1210. The van der Waals surface area contributed by atoms with Gasteiger partial charge in [-0.2, -0.15) is 10.1 Å². The average Bonchev–Trinajstić information content (AvgIpc) is 3.53. The summed E-state index contributed by atoms with van der Waals surface area (Å²) in [7, 11) is 0. The number of ether oxygens (including phenoxy) is 2. The highest BCUT2D eigenvalue weighted by Gasteiger charge is 2.59. The third-order valence-corrected chi connectivity index (χ3v) is 6.92. The van der Waals surface area contributed by atoms with Crippen molar-refractivity contribution < 1.29 is 23.5 Å². The molecule has 0 aromatic heterocycles. The second-order valence-electron chi connectivity index (χ2n) is 9.05. The summed E-state index contributed by atoms with van der Waals surface area (Å²) in [5.41, 5.74) is 1.87. The Morgan fingerprint density at radius 2 is 1.80 bits per heavy atom. The molecule has 3 aliphatic rings. The number of amides is 2. The van der Waals surface area contributed by atoms with Gasteiger partial charge in [0.2, 0.25) is 0 Å². The molecule has 2 aromatic rings. The lowest BCUT2D eigenvalue weighted by Crippen LogP contribution is -2.28. The van der Waals surface area contributed by atoms with E-state index in [1.807, 2.05) is 13.0 Å². The maximum Gasteiger partial charge on any atom is 0.254 e. The second-order valence-corrected chi connectivity index (χ2v) is 9.05. The molecule has 2 aliphatic carbocycles. The molecule has 0 spiro atoms. The van der Waals surface area contributed by atoms with Crippen LogP contribution in [0.25, 0.3) is 0 Å². The zero-order chi connectivity index (χ0) is 24.5. The first-order valence-corrected chi connectivity index (χ1v) is 11.9. The predicted octanol–water partition coefficient (Wildman–Crippen LogP) is 4.67. The van der Waals surface area contributed by atoms with E-state index in [1.54, 1.807) is 30.3 Å². The summed E-state index contributed by atoms with van der Waals surface area (Å²) < 4.78 is 25.9. The van der Waals surface area contributed by atoms with E-state index in [0.29, 0.717) is 35.7 Å². The van der Waals surface area contributed by atoms with Crippen molar-refractivity contribution in [1.29, 1.82) is 0 Å². The minimum atomic E-state index is -0.340. The molecule has 1 saturated carbocycles. The van der Waals surface area contributed by atoms with Crippen LogP contribution < -0.4 is 9.47 Å². The van der Waals surface area contributed by atoms with Gasteiger partial charge >= 0.3 is 0 Å². The van der Waals surface area contributed by atoms with Crippen LogP contribution in [0.15, 0.2) is 66.3 Å². The zero-order valence-electron chi connectivity index (χ0n) is 19.5. The van der Waals surface area contributed by atoms with Crippen LogP contribution in [-0.2, 0) is 22.6 Å². The molecule has 6 nitrogen and oxygen atoms in total. The van der Waals surface area contributed by atoms with Gasteiger partial charge in [-0.05, 0) is 55.4 Å². The fourth-order valence-electron chi connectivity index (χ4n) is 5.38. The molecule has 2 fully saturated rings. The van der Waals surface area contributed by atoms with Gasteiger partial charge < -0.3 is 9.47 Å². The Morgan fingerprint density at radius 3 is 2.46 bits per heavy atom. The molecule has 7 heteroatoms. The second kappa shape index (κ2) is 9.49. The number of fused-ring (bicyclic) bond motifs is 5. The summed E-state index contributed by atoms with van der Waals surface area (Å²) in [6.07, 6.45) is 8.71. The van der Waals surface area contributed by atoms with Gasteiger partial charge in [-0.25, -0.2) is 4.39 Å². The number of hydrogen-bond acceptors (Lipinski definition) is 5.